The summed E-state index contributed by atoms with van der Waals surface area (Å²) in [7, 11) is 3.45. The highest BCUT2D eigenvalue weighted by Crippen LogP contribution is 2.46. The molecule has 1 saturated carbocycles. The van der Waals surface area contributed by atoms with Gasteiger partial charge in [-0.15, -0.1) is 0 Å². The van der Waals surface area contributed by atoms with Crippen molar-refractivity contribution in [2.75, 3.05) is 32.6 Å². The number of hydrogen-bond acceptors (Lipinski definition) is 6. The number of methoxy groups -OCH3 is 1. The van der Waals surface area contributed by atoms with Crippen molar-refractivity contribution in [2.45, 2.75) is 38.9 Å². The molecule has 10 heteroatoms. The summed E-state index contributed by atoms with van der Waals surface area (Å²) in [6.45, 7) is 4.64. The molecule has 188 valence electrons. The van der Waals surface area contributed by atoms with Gasteiger partial charge in [0.15, 0.2) is 11.5 Å². The Bertz CT molecular complexity index is 1230. The van der Waals surface area contributed by atoms with Gasteiger partial charge in [0.25, 0.3) is 0 Å². The third-order valence-corrected chi connectivity index (χ3v) is 6.29. The first-order chi connectivity index (χ1) is 16.6. The Morgan fingerprint density at radius 2 is 1.89 bits per heavy atom. The van der Waals surface area contributed by atoms with Gasteiger partial charge in [-0.25, -0.2) is 14.4 Å². The summed E-state index contributed by atoms with van der Waals surface area (Å²) in [6.07, 6.45) is -2.65. The zero-order valence-corrected chi connectivity index (χ0v) is 20.0. The minimum atomic E-state index is -4.78. The number of aromatic nitrogens is 2. The van der Waals surface area contributed by atoms with Crippen LogP contribution in [-0.2, 0) is 6.18 Å². The molecule has 1 heterocycles. The van der Waals surface area contributed by atoms with Crippen LogP contribution >= 0.6 is 0 Å². The van der Waals surface area contributed by atoms with Crippen molar-refractivity contribution in [1.82, 2.24) is 15.3 Å². The number of ether oxygens (including phenoxy) is 2. The summed E-state index contributed by atoms with van der Waals surface area (Å²) in [6, 6.07) is 5.93. The number of alkyl halides is 3. The van der Waals surface area contributed by atoms with Crippen LogP contribution in [0.2, 0.25) is 0 Å². The number of anilines is 1. The molecule has 0 radical (unpaired) electrons. The maximum atomic E-state index is 14.7. The highest BCUT2D eigenvalue weighted by molar-refractivity contribution is 5.92. The van der Waals surface area contributed by atoms with Crippen LogP contribution in [0.3, 0.4) is 0 Å². The monoisotopic (exact) mass is 492 g/mol. The Hall–Kier alpha value is -3.14. The predicted molar refractivity (Wildman–Crippen MR) is 125 cm³/mol. The predicted octanol–water partition coefficient (Wildman–Crippen LogP) is 5.66. The summed E-state index contributed by atoms with van der Waals surface area (Å²) in [5.74, 6) is 0.522. The molecule has 6 nitrogen and oxygen atoms in total. The molecule has 2 N–H and O–H groups in total. The van der Waals surface area contributed by atoms with Crippen LogP contribution in [0.1, 0.15) is 42.8 Å². The molecule has 3 aromatic rings. The summed E-state index contributed by atoms with van der Waals surface area (Å²) in [4.78, 5) is 8.90. The van der Waals surface area contributed by atoms with E-state index >= 15 is 0 Å². The van der Waals surface area contributed by atoms with E-state index in [2.05, 4.69) is 20.6 Å². The van der Waals surface area contributed by atoms with E-state index < -0.39 is 23.6 Å². The third kappa shape index (κ3) is 5.27. The molecule has 1 atom stereocenters. The Kier molecular flexibility index (Phi) is 6.77. The molecule has 0 saturated heterocycles. The van der Waals surface area contributed by atoms with Crippen LogP contribution in [0, 0.1) is 18.2 Å². The zero-order chi connectivity index (χ0) is 25.4. The molecule has 1 aromatic heterocycles. The molecule has 0 aliphatic heterocycles. The van der Waals surface area contributed by atoms with Crippen molar-refractivity contribution in [2.24, 2.45) is 5.41 Å². The summed E-state index contributed by atoms with van der Waals surface area (Å²) in [5.41, 5.74) is -0.757. The second kappa shape index (κ2) is 9.49. The summed E-state index contributed by atoms with van der Waals surface area (Å²) < 4.78 is 66.0. The van der Waals surface area contributed by atoms with Crippen LogP contribution in [0.5, 0.6) is 11.5 Å². The molecule has 4 rings (SSSR count). The van der Waals surface area contributed by atoms with Gasteiger partial charge >= 0.3 is 6.18 Å². The maximum absolute atomic E-state index is 14.7. The lowest BCUT2D eigenvalue weighted by Crippen LogP contribution is -2.25. The van der Waals surface area contributed by atoms with Crippen LogP contribution < -0.4 is 20.1 Å². The first-order valence-electron chi connectivity index (χ1n) is 11.3. The third-order valence-electron chi connectivity index (χ3n) is 6.29. The fourth-order valence-electron chi connectivity index (χ4n) is 4.18. The molecule has 0 amide bonds. The molecular weight excluding hydrogens is 464 g/mol. The number of hydrogen-bond donors (Lipinski definition) is 2. The number of nitrogens with zero attached hydrogens (tertiary/aromatic N) is 2. The normalized spacial score (nSPS) is 15.7. The standard InChI is InChI=1S/C25H28F4N4O2/c1-14(16-6-5-7-18(22(16)26)25(27,28)29)31-23-17-10-21(35-13-24(8-9-24)12-30-3)20(34-4)11-19(17)32-15(2)33-23/h5-7,10-11,14,30H,8-9,12-13H2,1-4H3,(H,31,32,33). The topological polar surface area (TPSA) is 68.3 Å². The fraction of sp³-hybridized carbons (Fsp3) is 0.440. The second-order valence-electron chi connectivity index (χ2n) is 9.03. The van der Waals surface area contributed by atoms with Gasteiger partial charge in [0.2, 0.25) is 0 Å². The van der Waals surface area contributed by atoms with E-state index in [1.54, 1.807) is 33.1 Å². The van der Waals surface area contributed by atoms with E-state index in [1.165, 1.54) is 12.1 Å². The van der Waals surface area contributed by atoms with Crippen molar-refractivity contribution >= 4 is 16.7 Å². The van der Waals surface area contributed by atoms with Gasteiger partial charge in [-0.1, -0.05) is 12.1 Å². The van der Waals surface area contributed by atoms with E-state index in [0.717, 1.165) is 25.5 Å². The molecule has 0 spiro atoms. The maximum Gasteiger partial charge on any atom is 0.419 e. The van der Waals surface area contributed by atoms with Gasteiger partial charge in [0, 0.05) is 29.0 Å². The highest BCUT2D eigenvalue weighted by atomic mass is 19.4. The second-order valence-corrected chi connectivity index (χ2v) is 9.03. The minimum Gasteiger partial charge on any atom is -0.493 e. The first-order valence-corrected chi connectivity index (χ1v) is 11.3. The molecule has 35 heavy (non-hydrogen) atoms. The molecule has 1 fully saturated rings. The number of rotatable bonds is 9. The lowest BCUT2D eigenvalue weighted by molar-refractivity contribution is -0.140. The molecular formula is C25H28F4N4O2. The van der Waals surface area contributed by atoms with Gasteiger partial charge in [-0.3, -0.25) is 0 Å². The number of halogens is 4. The molecule has 1 aliphatic carbocycles. The molecule has 1 aliphatic rings. The zero-order valence-electron chi connectivity index (χ0n) is 20.0. The minimum absolute atomic E-state index is 0.0924. The van der Waals surface area contributed by atoms with Crippen LogP contribution in [0.25, 0.3) is 10.9 Å². The lowest BCUT2D eigenvalue weighted by Gasteiger charge is -2.21. The van der Waals surface area contributed by atoms with E-state index in [1.807, 2.05) is 7.05 Å². The van der Waals surface area contributed by atoms with Crippen molar-refractivity contribution in [3.63, 3.8) is 0 Å². The summed E-state index contributed by atoms with van der Waals surface area (Å²) in [5, 5.41) is 6.85. The van der Waals surface area contributed by atoms with Crippen LogP contribution in [0.4, 0.5) is 23.4 Å². The van der Waals surface area contributed by atoms with Crippen molar-refractivity contribution in [3.8, 4) is 11.5 Å². The number of nitrogens with one attached hydrogen (secondary N) is 2. The average Bonchev–Trinajstić information content (AvgIpc) is 3.56. The quantitative estimate of drug-likeness (QED) is 0.376. The van der Waals surface area contributed by atoms with E-state index in [-0.39, 0.29) is 11.0 Å². The lowest BCUT2D eigenvalue weighted by atomic mass is 10.0. The Morgan fingerprint density at radius 1 is 1.14 bits per heavy atom. The number of benzene rings is 2. The SMILES string of the molecule is CNCC1(COc2cc3c(NC(C)c4cccc(C(F)(F)F)c4F)nc(C)nc3cc2OC)CC1. The van der Waals surface area contributed by atoms with Gasteiger partial charge in [-0.05, 0) is 45.9 Å². The van der Waals surface area contributed by atoms with Crippen LogP contribution in [-0.4, -0.2) is 37.3 Å². The van der Waals surface area contributed by atoms with Gasteiger partial charge in [0.05, 0.1) is 30.8 Å². The molecule has 2 aromatic carbocycles. The van der Waals surface area contributed by atoms with E-state index in [9.17, 15) is 17.6 Å². The first kappa shape index (κ1) is 25.0. The number of aryl methyl sites for hydroxylation is 1. The van der Waals surface area contributed by atoms with Gasteiger partial charge in [0.1, 0.15) is 17.5 Å². The highest BCUT2D eigenvalue weighted by Gasteiger charge is 2.43. The Balaban J connectivity index is 1.68. The Labute approximate surface area is 201 Å². The number of fused-ring (bicyclic) bond motifs is 1. The van der Waals surface area contributed by atoms with Gasteiger partial charge < -0.3 is 20.1 Å². The van der Waals surface area contributed by atoms with E-state index in [4.69, 9.17) is 9.47 Å². The molecule has 0 bridgehead atoms. The largest absolute Gasteiger partial charge is 0.493 e. The Morgan fingerprint density at radius 3 is 2.51 bits per heavy atom. The smallest absolute Gasteiger partial charge is 0.419 e. The molecule has 1 unspecified atom stereocenters. The summed E-state index contributed by atoms with van der Waals surface area (Å²) >= 11 is 0. The average molecular weight is 493 g/mol. The van der Waals surface area contributed by atoms with Crippen molar-refractivity contribution < 1.29 is 27.0 Å². The van der Waals surface area contributed by atoms with E-state index in [0.29, 0.717) is 40.7 Å². The van der Waals surface area contributed by atoms with Crippen LogP contribution in [0.15, 0.2) is 30.3 Å². The van der Waals surface area contributed by atoms with Crippen molar-refractivity contribution in [1.29, 1.82) is 0 Å². The van der Waals surface area contributed by atoms with Gasteiger partial charge in [-0.2, -0.15) is 13.2 Å². The van der Waals surface area contributed by atoms with Crippen molar-refractivity contribution in [3.05, 3.63) is 53.1 Å². The fourth-order valence-corrected chi connectivity index (χ4v) is 4.18.